The summed E-state index contributed by atoms with van der Waals surface area (Å²) in [6, 6.07) is 0. The van der Waals surface area contributed by atoms with Crippen molar-refractivity contribution in [1.82, 2.24) is 30.2 Å². The molecule has 24 nitrogen and oxygen atoms in total. The van der Waals surface area contributed by atoms with Crippen molar-refractivity contribution in [3.63, 3.8) is 0 Å². The Hall–Kier alpha value is -4.00. The largest absolute Gasteiger partial charge is 0.790 e. The number of phosphoric ester groups is 3. The van der Waals surface area contributed by atoms with Gasteiger partial charge in [0, 0.05) is 37.1 Å². The van der Waals surface area contributed by atoms with Crippen LogP contribution >= 0.6 is 35.2 Å². The minimum atomic E-state index is -5.93. The Balaban J connectivity index is 1.15. The van der Waals surface area contributed by atoms with Crippen LogP contribution in [0.1, 0.15) is 162 Å². The minimum Gasteiger partial charge on any atom is -0.790 e. The number of unbranched alkanes of at least 4 members (excludes halogenated alkanes) is 12. The number of fused-ring (bicyclic) bond motifs is 1. The number of aliphatic hydroxyl groups excluding tert-OH is 2. The molecule has 1 fully saturated rings. The second-order valence-corrected chi connectivity index (χ2v) is 25.6. The number of ether oxygens (including phenoxy) is 1. The summed E-state index contributed by atoms with van der Waals surface area (Å²) >= 11 is 1.14. The molecule has 1 aliphatic heterocycles. The number of carbonyl (C=O) groups excluding carboxylic acids is 3. The van der Waals surface area contributed by atoms with Crippen LogP contribution in [0.2, 0.25) is 0 Å². The molecule has 0 radical (unpaired) electrons. The number of phosphoric acid groups is 3. The Morgan fingerprint density at radius 1 is 0.747 bits per heavy atom. The monoisotopic (exact) mass is 1240 g/mol. The third-order valence-electron chi connectivity index (χ3n) is 12.8. The topological polar surface area (TPSA) is 375 Å². The molecule has 2 amide bonds. The molecule has 1 aliphatic rings. The third-order valence-corrected chi connectivity index (χ3v) is 16.8. The van der Waals surface area contributed by atoms with E-state index in [1.165, 1.54) is 71.6 Å². The van der Waals surface area contributed by atoms with Crippen LogP contribution in [0.15, 0.2) is 85.6 Å². The average molecular weight is 1240 g/mol. The highest BCUT2D eigenvalue weighted by molar-refractivity contribution is 8.13. The van der Waals surface area contributed by atoms with Gasteiger partial charge in [-0.25, -0.2) is 19.3 Å². The Bertz CT molecular complexity index is 2580. The first-order valence-electron chi connectivity index (χ1n) is 28.4. The highest BCUT2D eigenvalue weighted by Gasteiger charge is 2.47. The van der Waals surface area contributed by atoms with Crippen LogP contribution in [-0.4, -0.2) is 103 Å². The highest BCUT2D eigenvalue weighted by atomic mass is 32.2. The van der Waals surface area contributed by atoms with Gasteiger partial charge in [0.05, 0.1) is 27.4 Å². The number of nitrogens with zero attached hydrogens (tertiary/aromatic N) is 4. The lowest BCUT2D eigenvalue weighted by atomic mass is 9.87. The lowest BCUT2D eigenvalue weighted by molar-refractivity contribution is -0.347. The van der Waals surface area contributed by atoms with E-state index in [0.29, 0.717) is 12.2 Å². The van der Waals surface area contributed by atoms with Crippen LogP contribution < -0.4 is 35.9 Å². The van der Waals surface area contributed by atoms with Crippen LogP contribution in [0.5, 0.6) is 0 Å². The summed E-state index contributed by atoms with van der Waals surface area (Å²) < 4.78 is 61.0. The number of allylic oxidation sites excluding steroid dienone is 12. The number of nitrogen functional groups attached to an aromatic ring is 1. The maximum Gasteiger partial charge on any atom is 0.274 e. The zero-order valence-corrected chi connectivity index (χ0v) is 51.5. The number of anilines is 1. The van der Waals surface area contributed by atoms with E-state index in [4.69, 9.17) is 10.5 Å². The van der Waals surface area contributed by atoms with Crippen molar-refractivity contribution < 1.29 is 80.5 Å². The fourth-order valence-electron chi connectivity index (χ4n) is 8.28. The first-order valence-corrected chi connectivity index (χ1v) is 33.8. The molecular weight excluding hydrogens is 1160 g/mol. The number of carbonyl (C=O) groups is 3. The summed E-state index contributed by atoms with van der Waals surface area (Å²) in [5, 5.41) is 26.6. The second-order valence-electron chi connectivity index (χ2n) is 20.4. The molecule has 0 aromatic carbocycles. The first kappa shape index (κ1) is 73.3. The number of nitrogens with two attached hydrogens (primary N) is 1. The number of rotatable bonds is 45. The van der Waals surface area contributed by atoms with Crippen LogP contribution in [0.4, 0.5) is 5.82 Å². The number of nitrogens with one attached hydrogen (secondary N) is 2. The van der Waals surface area contributed by atoms with Crippen molar-refractivity contribution in [2.75, 3.05) is 37.8 Å². The summed E-state index contributed by atoms with van der Waals surface area (Å²) in [5.74, 6) is -1.14. The van der Waals surface area contributed by atoms with Crippen LogP contribution in [0.3, 0.4) is 0 Å². The number of amides is 2. The van der Waals surface area contributed by atoms with Crippen LogP contribution in [0, 0.1) is 5.41 Å². The van der Waals surface area contributed by atoms with E-state index in [1.54, 1.807) is 0 Å². The van der Waals surface area contributed by atoms with E-state index >= 15 is 0 Å². The Labute approximate surface area is 492 Å². The quantitative estimate of drug-likeness (QED) is 0.0247. The second kappa shape index (κ2) is 40.4. The number of thioether (sulfide) groups is 1. The molecule has 468 valence electrons. The first-order chi connectivity index (χ1) is 39.6. The summed E-state index contributed by atoms with van der Waals surface area (Å²) in [7, 11) is -17.6. The summed E-state index contributed by atoms with van der Waals surface area (Å²) in [4.78, 5) is 97.3. The SMILES string of the molecule is CC/C=C\C/C=C\C/C=C\C/C=C\C/C=C\C/C=C\CCCCCCCCCCCCCCC(=O)SCCNC(=O)CCNC(=O)[C@H](O)C(C)(C)COP(=O)([O-])OP(=O)([O-])OC[C@H]1O[C@@H](n2cnc3c(N)ncnc32)[C@H](O)[C@@H]1OP(=O)([O-])[O-]. The number of hydrogen-bond acceptors (Lipinski definition) is 22. The zero-order chi connectivity index (χ0) is 61.0. The van der Waals surface area contributed by atoms with E-state index in [0.717, 1.165) is 93.2 Å². The van der Waals surface area contributed by atoms with Gasteiger partial charge in [-0.3, -0.25) is 28.1 Å². The van der Waals surface area contributed by atoms with Crippen molar-refractivity contribution in [3.8, 4) is 0 Å². The fraction of sp³-hybridized carbons (Fsp3) is 0.636. The van der Waals surface area contributed by atoms with E-state index in [9.17, 15) is 57.9 Å². The van der Waals surface area contributed by atoms with Crippen LogP contribution in [0.25, 0.3) is 11.2 Å². The maximum atomic E-state index is 12.7. The summed E-state index contributed by atoms with van der Waals surface area (Å²) in [6.45, 7) is 2.31. The third kappa shape index (κ3) is 31.8. The molecule has 7 atom stereocenters. The Morgan fingerprint density at radius 2 is 1.28 bits per heavy atom. The normalized spacial score (nSPS) is 19.1. The van der Waals surface area contributed by atoms with E-state index in [-0.39, 0.29) is 41.6 Å². The molecule has 0 aliphatic carbocycles. The molecule has 28 heteroatoms. The predicted molar refractivity (Wildman–Crippen MR) is 311 cm³/mol. The van der Waals surface area contributed by atoms with Gasteiger partial charge >= 0.3 is 0 Å². The number of imidazole rings is 1. The van der Waals surface area contributed by atoms with E-state index < -0.39 is 84.6 Å². The molecule has 3 heterocycles. The van der Waals surface area contributed by atoms with E-state index in [1.807, 2.05) is 0 Å². The van der Waals surface area contributed by atoms with E-state index in [2.05, 4.69) is 123 Å². The molecule has 2 aromatic heterocycles. The van der Waals surface area contributed by atoms with Gasteiger partial charge in [0.15, 0.2) is 22.8 Å². The van der Waals surface area contributed by atoms with Gasteiger partial charge in [-0.1, -0.05) is 170 Å². The molecule has 1 saturated heterocycles. The molecule has 6 N–H and O–H groups in total. The molecular formula is C55H86N7O17P3S-4. The lowest BCUT2D eigenvalue weighted by Gasteiger charge is -2.36. The Morgan fingerprint density at radius 3 is 1.84 bits per heavy atom. The molecule has 0 spiro atoms. The number of aromatic nitrogens is 4. The standard InChI is InChI=1S/C55H90N7O17P3S/c1-4-5-6-7-8-9-10-11-12-13-14-15-16-17-18-19-20-21-22-23-24-25-26-27-28-29-30-31-32-33-34-35-46(64)83-39-38-57-45(63)36-37-58-53(67)50(66)55(2,3)41-76-82(73,74)79-81(71,72)75-40-44-49(78-80(68,69)70)48(65)54(77-44)62-43-61-47-51(56)59-42-60-52(47)62/h5-6,8-9,11-12,14-15,17-18,20-21,42-44,48-50,54,65-66H,4,7,10,13,16,19,22-41H2,1-3H3,(H,57,63)(H,58,67)(H,71,72)(H,73,74)(H2,56,59,60)(H2,68,69,70)/p-4/b6-5-,9-8-,12-11-,15-14-,18-17-,21-20-/t44-,48-,49-,50+,54-/m1/s1. The van der Waals surface area contributed by atoms with Gasteiger partial charge in [-0.15, -0.1) is 0 Å². The van der Waals surface area contributed by atoms with Crippen molar-refractivity contribution >= 4 is 69.1 Å². The van der Waals surface area contributed by atoms with Crippen molar-refractivity contribution in [2.45, 2.75) is 186 Å². The van der Waals surface area contributed by atoms with Gasteiger partial charge in [0.25, 0.3) is 15.6 Å². The fourth-order valence-corrected chi connectivity index (χ4v) is 11.7. The van der Waals surface area contributed by atoms with Gasteiger partial charge < -0.3 is 69.0 Å². The minimum absolute atomic E-state index is 0.0194. The van der Waals surface area contributed by atoms with Gasteiger partial charge in [0.2, 0.25) is 11.8 Å². The lowest BCUT2D eigenvalue weighted by Crippen LogP contribution is -2.46. The Kier molecular flexibility index (Phi) is 35.7. The molecule has 3 rings (SSSR count). The smallest absolute Gasteiger partial charge is 0.274 e. The van der Waals surface area contributed by atoms with Crippen molar-refractivity contribution in [3.05, 3.63) is 85.6 Å². The van der Waals surface area contributed by atoms with Gasteiger partial charge in [-0.2, -0.15) is 0 Å². The van der Waals surface area contributed by atoms with Crippen molar-refractivity contribution in [2.24, 2.45) is 5.41 Å². The van der Waals surface area contributed by atoms with Gasteiger partial charge in [0.1, 0.15) is 36.3 Å². The molecule has 0 bridgehead atoms. The maximum absolute atomic E-state index is 12.7. The highest BCUT2D eigenvalue weighted by Crippen LogP contribution is 2.56. The van der Waals surface area contributed by atoms with Crippen molar-refractivity contribution in [1.29, 1.82) is 0 Å². The zero-order valence-electron chi connectivity index (χ0n) is 48.0. The average Bonchev–Trinajstić information content (AvgIpc) is 2.22. The number of aliphatic hydroxyl groups is 2. The molecule has 0 saturated carbocycles. The molecule has 2 aromatic rings. The number of hydrogen-bond donors (Lipinski definition) is 5. The summed E-state index contributed by atoms with van der Waals surface area (Å²) in [6.07, 6.45) is 41.0. The molecule has 83 heavy (non-hydrogen) atoms. The predicted octanol–water partition coefficient (Wildman–Crippen LogP) is 7.30. The molecule has 2 unspecified atom stereocenters. The van der Waals surface area contributed by atoms with Crippen LogP contribution in [-0.2, 0) is 50.7 Å². The van der Waals surface area contributed by atoms with Gasteiger partial charge in [-0.05, 0) is 57.8 Å². The summed E-state index contributed by atoms with van der Waals surface area (Å²) in [5.41, 5.74) is 4.10.